The summed E-state index contributed by atoms with van der Waals surface area (Å²) < 4.78 is 0. The lowest BCUT2D eigenvalue weighted by atomic mass is 9.99. The molecule has 0 saturated heterocycles. The van der Waals surface area contributed by atoms with Crippen LogP contribution in [0.1, 0.15) is 22.3 Å². The first-order chi connectivity index (χ1) is 9.84. The first-order valence-electron chi connectivity index (χ1n) is 6.78. The average molecular weight is 264 g/mol. The molecule has 0 unspecified atom stereocenters. The smallest absolute Gasteiger partial charge is 0.255 e. The van der Waals surface area contributed by atoms with Crippen LogP contribution in [0.3, 0.4) is 0 Å². The van der Waals surface area contributed by atoms with Gasteiger partial charge in [-0.15, -0.1) is 0 Å². The maximum absolute atomic E-state index is 12.3. The third-order valence-electron chi connectivity index (χ3n) is 3.55. The maximum Gasteiger partial charge on any atom is 0.255 e. The fourth-order valence-electron chi connectivity index (χ4n) is 2.44. The normalized spacial score (nSPS) is 14.8. The molecule has 2 aromatic rings. The Labute approximate surface area is 118 Å². The SMILES string of the molecule is O=C(c1cccnc1)N1CC=C(c2ccccc2)CC1. The molecule has 0 aliphatic carbocycles. The molecule has 0 atom stereocenters. The van der Waals surface area contributed by atoms with E-state index in [0.29, 0.717) is 12.1 Å². The molecule has 1 aromatic carbocycles. The first-order valence-corrected chi connectivity index (χ1v) is 6.78. The van der Waals surface area contributed by atoms with Gasteiger partial charge in [-0.2, -0.15) is 0 Å². The van der Waals surface area contributed by atoms with E-state index in [4.69, 9.17) is 0 Å². The average Bonchev–Trinajstić information content (AvgIpc) is 2.56. The number of carbonyl (C=O) groups excluding carboxylic acids is 1. The topological polar surface area (TPSA) is 33.2 Å². The Morgan fingerprint density at radius 3 is 2.60 bits per heavy atom. The summed E-state index contributed by atoms with van der Waals surface area (Å²) >= 11 is 0. The summed E-state index contributed by atoms with van der Waals surface area (Å²) in [7, 11) is 0. The molecule has 1 aromatic heterocycles. The predicted molar refractivity (Wildman–Crippen MR) is 79.2 cm³/mol. The lowest BCUT2D eigenvalue weighted by molar-refractivity contribution is 0.0772. The van der Waals surface area contributed by atoms with Gasteiger partial charge in [-0.25, -0.2) is 0 Å². The van der Waals surface area contributed by atoms with Gasteiger partial charge in [0.15, 0.2) is 0 Å². The van der Waals surface area contributed by atoms with E-state index in [1.807, 2.05) is 29.2 Å². The third kappa shape index (κ3) is 2.62. The highest BCUT2D eigenvalue weighted by atomic mass is 16.2. The van der Waals surface area contributed by atoms with Crippen LogP contribution in [0, 0.1) is 0 Å². The van der Waals surface area contributed by atoms with Crippen molar-refractivity contribution in [3.8, 4) is 0 Å². The highest BCUT2D eigenvalue weighted by Gasteiger charge is 2.19. The molecule has 2 heterocycles. The van der Waals surface area contributed by atoms with Crippen molar-refractivity contribution in [1.82, 2.24) is 9.88 Å². The van der Waals surface area contributed by atoms with Crippen LogP contribution < -0.4 is 0 Å². The number of hydrogen-bond acceptors (Lipinski definition) is 2. The highest BCUT2D eigenvalue weighted by Crippen LogP contribution is 2.22. The van der Waals surface area contributed by atoms with Gasteiger partial charge < -0.3 is 4.90 Å². The van der Waals surface area contributed by atoms with Crippen LogP contribution in [-0.2, 0) is 0 Å². The molecule has 100 valence electrons. The lowest BCUT2D eigenvalue weighted by Gasteiger charge is -2.26. The van der Waals surface area contributed by atoms with E-state index >= 15 is 0 Å². The maximum atomic E-state index is 12.3. The number of hydrogen-bond donors (Lipinski definition) is 0. The van der Waals surface area contributed by atoms with Gasteiger partial charge in [0.05, 0.1) is 5.56 Å². The van der Waals surface area contributed by atoms with Gasteiger partial charge >= 0.3 is 0 Å². The number of aromatic nitrogens is 1. The van der Waals surface area contributed by atoms with Crippen LogP contribution in [0.5, 0.6) is 0 Å². The number of carbonyl (C=O) groups is 1. The fourth-order valence-corrected chi connectivity index (χ4v) is 2.44. The molecule has 1 amide bonds. The second-order valence-corrected chi connectivity index (χ2v) is 4.84. The number of rotatable bonds is 2. The van der Waals surface area contributed by atoms with Crippen LogP contribution >= 0.6 is 0 Å². The molecule has 1 aliphatic heterocycles. The van der Waals surface area contributed by atoms with E-state index in [1.165, 1.54) is 11.1 Å². The first kappa shape index (κ1) is 12.6. The minimum absolute atomic E-state index is 0.0569. The predicted octanol–water partition coefficient (Wildman–Crippen LogP) is 3.01. The molecule has 0 saturated carbocycles. The summed E-state index contributed by atoms with van der Waals surface area (Å²) in [5.41, 5.74) is 3.23. The Morgan fingerprint density at radius 2 is 1.95 bits per heavy atom. The van der Waals surface area contributed by atoms with Crippen LogP contribution in [0.2, 0.25) is 0 Å². The summed E-state index contributed by atoms with van der Waals surface area (Å²) in [4.78, 5) is 18.2. The number of pyridine rings is 1. The lowest BCUT2D eigenvalue weighted by Crippen LogP contribution is -2.34. The van der Waals surface area contributed by atoms with Gasteiger partial charge in [0.25, 0.3) is 5.91 Å². The fraction of sp³-hybridized carbons (Fsp3) is 0.176. The second-order valence-electron chi connectivity index (χ2n) is 4.84. The van der Waals surface area contributed by atoms with Crippen LogP contribution in [-0.4, -0.2) is 28.9 Å². The van der Waals surface area contributed by atoms with Crippen LogP contribution in [0.4, 0.5) is 0 Å². The Morgan fingerprint density at radius 1 is 1.10 bits per heavy atom. The summed E-state index contributed by atoms with van der Waals surface area (Å²) in [6, 6.07) is 13.9. The van der Waals surface area contributed by atoms with Crippen LogP contribution in [0.25, 0.3) is 5.57 Å². The summed E-state index contributed by atoms with van der Waals surface area (Å²) in [5, 5.41) is 0. The van der Waals surface area contributed by atoms with Gasteiger partial charge in [-0.05, 0) is 29.7 Å². The van der Waals surface area contributed by atoms with E-state index in [2.05, 4.69) is 23.2 Å². The molecule has 0 fully saturated rings. The van der Waals surface area contributed by atoms with E-state index in [-0.39, 0.29) is 5.91 Å². The van der Waals surface area contributed by atoms with E-state index in [1.54, 1.807) is 18.5 Å². The minimum atomic E-state index is 0.0569. The molecular formula is C17H16N2O. The Bertz CT molecular complexity index is 620. The molecule has 3 rings (SSSR count). The van der Waals surface area contributed by atoms with Crippen LogP contribution in [0.15, 0.2) is 60.9 Å². The van der Waals surface area contributed by atoms with Crippen molar-refractivity contribution in [2.75, 3.05) is 13.1 Å². The number of benzene rings is 1. The molecule has 20 heavy (non-hydrogen) atoms. The zero-order chi connectivity index (χ0) is 13.8. The number of nitrogens with zero attached hydrogens (tertiary/aromatic N) is 2. The molecule has 0 spiro atoms. The van der Waals surface area contributed by atoms with Gasteiger partial charge in [-0.3, -0.25) is 9.78 Å². The monoisotopic (exact) mass is 264 g/mol. The van der Waals surface area contributed by atoms with E-state index < -0.39 is 0 Å². The second kappa shape index (κ2) is 5.70. The van der Waals surface area contributed by atoms with Crippen molar-refractivity contribution in [3.05, 3.63) is 72.1 Å². The van der Waals surface area contributed by atoms with Crippen molar-refractivity contribution in [1.29, 1.82) is 0 Å². The molecular weight excluding hydrogens is 248 g/mol. The van der Waals surface area contributed by atoms with E-state index in [9.17, 15) is 4.79 Å². The van der Waals surface area contributed by atoms with Crippen molar-refractivity contribution in [2.45, 2.75) is 6.42 Å². The summed E-state index contributed by atoms with van der Waals surface area (Å²) in [6.07, 6.45) is 6.35. The molecule has 3 nitrogen and oxygen atoms in total. The van der Waals surface area contributed by atoms with Gasteiger partial charge in [-0.1, -0.05) is 36.4 Å². The van der Waals surface area contributed by atoms with Gasteiger partial charge in [0, 0.05) is 25.5 Å². The standard InChI is InChI=1S/C17H16N2O/c20-17(16-7-4-10-18-13-16)19-11-8-15(9-12-19)14-5-2-1-3-6-14/h1-8,10,13H,9,11-12H2. The molecule has 3 heteroatoms. The molecule has 0 radical (unpaired) electrons. The molecule has 1 aliphatic rings. The Kier molecular flexibility index (Phi) is 3.59. The van der Waals surface area contributed by atoms with E-state index in [0.717, 1.165) is 13.0 Å². The summed E-state index contributed by atoms with van der Waals surface area (Å²) in [6.45, 7) is 1.42. The zero-order valence-electron chi connectivity index (χ0n) is 11.2. The van der Waals surface area contributed by atoms with Crippen molar-refractivity contribution in [2.24, 2.45) is 0 Å². The summed E-state index contributed by atoms with van der Waals surface area (Å²) in [5.74, 6) is 0.0569. The Balaban J connectivity index is 1.72. The van der Waals surface area contributed by atoms with Crippen molar-refractivity contribution < 1.29 is 4.79 Å². The quantitative estimate of drug-likeness (QED) is 0.835. The number of amides is 1. The molecule has 0 N–H and O–H groups in total. The van der Waals surface area contributed by atoms with Crippen molar-refractivity contribution in [3.63, 3.8) is 0 Å². The Hall–Kier alpha value is -2.42. The van der Waals surface area contributed by atoms with Crippen molar-refractivity contribution >= 4 is 11.5 Å². The highest BCUT2D eigenvalue weighted by molar-refractivity contribution is 5.94. The minimum Gasteiger partial charge on any atom is -0.335 e. The van der Waals surface area contributed by atoms with Gasteiger partial charge in [0.1, 0.15) is 0 Å². The van der Waals surface area contributed by atoms with Gasteiger partial charge in [0.2, 0.25) is 0 Å². The zero-order valence-corrected chi connectivity index (χ0v) is 11.2. The largest absolute Gasteiger partial charge is 0.335 e. The molecule has 0 bridgehead atoms. The third-order valence-corrected chi connectivity index (χ3v) is 3.55.